The molecule has 1 heterocycles. The normalized spacial score (nSPS) is 11.8. The van der Waals surface area contributed by atoms with Crippen molar-refractivity contribution in [3.8, 4) is 0 Å². The van der Waals surface area contributed by atoms with Crippen molar-refractivity contribution in [2.75, 3.05) is 7.11 Å². The first-order valence-corrected chi connectivity index (χ1v) is 9.40. The Morgan fingerprint density at radius 3 is 2.60 bits per heavy atom. The van der Waals surface area contributed by atoms with E-state index in [1.54, 1.807) is 25.4 Å². The van der Waals surface area contributed by atoms with Crippen LogP contribution in [0.25, 0.3) is 10.9 Å². The maximum absolute atomic E-state index is 12.8. The van der Waals surface area contributed by atoms with Crippen molar-refractivity contribution in [1.29, 1.82) is 0 Å². The maximum atomic E-state index is 12.8. The Bertz CT molecular complexity index is 1000. The van der Waals surface area contributed by atoms with Crippen molar-refractivity contribution < 1.29 is 13.2 Å². The van der Waals surface area contributed by atoms with Gasteiger partial charge in [-0.25, -0.2) is 13.1 Å². The Morgan fingerprint density at radius 1 is 1.08 bits per heavy atom. The summed E-state index contributed by atoms with van der Waals surface area (Å²) in [5, 5.41) is 0.808. The Balaban J connectivity index is 1.91. The van der Waals surface area contributed by atoms with Crippen molar-refractivity contribution in [3.05, 3.63) is 71.4 Å². The summed E-state index contributed by atoms with van der Waals surface area (Å²) in [4.78, 5) is 4.50. The molecule has 25 heavy (non-hydrogen) atoms. The molecule has 0 amide bonds. The predicted molar refractivity (Wildman–Crippen MR) is 97.7 cm³/mol. The van der Waals surface area contributed by atoms with Crippen LogP contribution in [0.1, 0.15) is 16.7 Å². The van der Waals surface area contributed by atoms with Crippen LogP contribution in [0.3, 0.4) is 0 Å². The molecular weight excluding hydrogens is 336 g/mol. The topological polar surface area (TPSA) is 68.3 Å². The highest BCUT2D eigenvalue weighted by molar-refractivity contribution is 7.89. The number of hydrogen-bond acceptors (Lipinski definition) is 4. The molecule has 0 aliphatic carbocycles. The largest absolute Gasteiger partial charge is 0.380 e. The quantitative estimate of drug-likeness (QED) is 0.737. The third-order valence-corrected chi connectivity index (χ3v) is 5.40. The fourth-order valence-electron chi connectivity index (χ4n) is 2.74. The molecule has 1 N–H and O–H groups in total. The molecule has 2 aromatic carbocycles. The Kier molecular flexibility index (Phi) is 5.13. The number of aryl methyl sites for hydroxylation is 1. The van der Waals surface area contributed by atoms with E-state index in [1.807, 2.05) is 43.3 Å². The van der Waals surface area contributed by atoms with Gasteiger partial charge in [-0.05, 0) is 35.7 Å². The maximum Gasteiger partial charge on any atom is 0.243 e. The van der Waals surface area contributed by atoms with E-state index in [2.05, 4.69) is 9.71 Å². The second-order valence-corrected chi connectivity index (χ2v) is 7.60. The van der Waals surface area contributed by atoms with Gasteiger partial charge in [0.1, 0.15) is 4.90 Å². The second-order valence-electron chi connectivity index (χ2n) is 5.87. The molecule has 5 nitrogen and oxygen atoms in total. The van der Waals surface area contributed by atoms with Gasteiger partial charge in [-0.1, -0.05) is 36.4 Å². The summed E-state index contributed by atoms with van der Waals surface area (Å²) in [7, 11) is -2.07. The zero-order valence-electron chi connectivity index (χ0n) is 14.2. The number of fused-ring (bicyclic) bond motifs is 1. The number of methoxy groups -OCH3 is 1. The van der Waals surface area contributed by atoms with E-state index in [0.717, 1.165) is 22.1 Å². The Labute approximate surface area is 147 Å². The Morgan fingerprint density at radius 2 is 1.84 bits per heavy atom. The van der Waals surface area contributed by atoms with Crippen LogP contribution in [0.2, 0.25) is 0 Å². The second kappa shape index (κ2) is 7.31. The molecule has 0 aliphatic rings. The summed E-state index contributed by atoms with van der Waals surface area (Å²) in [5.41, 5.74) is 3.31. The number of nitrogens with zero attached hydrogens (tertiary/aromatic N) is 1. The van der Waals surface area contributed by atoms with Crippen LogP contribution in [-0.4, -0.2) is 20.5 Å². The summed E-state index contributed by atoms with van der Waals surface area (Å²) in [6, 6.07) is 14.7. The molecule has 1 aromatic heterocycles. The smallest absolute Gasteiger partial charge is 0.243 e. The van der Waals surface area contributed by atoms with Crippen molar-refractivity contribution in [2.45, 2.75) is 25.0 Å². The number of para-hydroxylation sites is 1. The number of sulfonamides is 1. The highest BCUT2D eigenvalue weighted by Crippen LogP contribution is 2.22. The number of rotatable bonds is 6. The first-order valence-electron chi connectivity index (χ1n) is 7.92. The van der Waals surface area contributed by atoms with Gasteiger partial charge in [0.25, 0.3) is 0 Å². The number of hydrogen-bond donors (Lipinski definition) is 1. The Hall–Kier alpha value is -2.28. The fourth-order valence-corrected chi connectivity index (χ4v) is 3.92. The third kappa shape index (κ3) is 3.87. The SMILES string of the molecule is COCc1ccccc1CNS(=O)(=O)c1cccc2cc(C)cnc12. The van der Waals surface area contributed by atoms with E-state index < -0.39 is 10.0 Å². The van der Waals surface area contributed by atoms with Gasteiger partial charge in [0.2, 0.25) is 10.0 Å². The summed E-state index contributed by atoms with van der Waals surface area (Å²) >= 11 is 0. The van der Waals surface area contributed by atoms with Crippen molar-refractivity contribution in [3.63, 3.8) is 0 Å². The molecule has 6 heteroatoms. The minimum atomic E-state index is -3.68. The molecule has 3 rings (SSSR count). The van der Waals surface area contributed by atoms with Gasteiger partial charge < -0.3 is 4.74 Å². The van der Waals surface area contributed by atoms with Crippen molar-refractivity contribution in [2.24, 2.45) is 0 Å². The average Bonchev–Trinajstić information content (AvgIpc) is 2.60. The number of aromatic nitrogens is 1. The summed E-state index contributed by atoms with van der Waals surface area (Å²) in [6.07, 6.45) is 1.68. The minimum absolute atomic E-state index is 0.189. The van der Waals surface area contributed by atoms with E-state index >= 15 is 0 Å². The van der Waals surface area contributed by atoms with E-state index in [9.17, 15) is 8.42 Å². The van der Waals surface area contributed by atoms with Gasteiger partial charge in [0.05, 0.1) is 12.1 Å². The van der Waals surface area contributed by atoms with Crippen LogP contribution < -0.4 is 4.72 Å². The number of nitrogens with one attached hydrogen (secondary N) is 1. The lowest BCUT2D eigenvalue weighted by Gasteiger charge is -2.12. The molecule has 0 unspecified atom stereocenters. The molecule has 0 saturated carbocycles. The fraction of sp³-hybridized carbons (Fsp3) is 0.211. The van der Waals surface area contributed by atoms with Crippen LogP contribution in [0.15, 0.2) is 59.6 Å². The van der Waals surface area contributed by atoms with Crippen molar-refractivity contribution in [1.82, 2.24) is 9.71 Å². The van der Waals surface area contributed by atoms with E-state index in [4.69, 9.17) is 4.74 Å². The van der Waals surface area contributed by atoms with E-state index in [1.165, 1.54) is 0 Å². The molecule has 130 valence electrons. The first kappa shape index (κ1) is 17.5. The summed E-state index contributed by atoms with van der Waals surface area (Å²) in [5.74, 6) is 0. The third-order valence-electron chi connectivity index (χ3n) is 3.97. The van der Waals surface area contributed by atoms with Crippen LogP contribution in [0.5, 0.6) is 0 Å². The molecule has 0 radical (unpaired) electrons. The van der Waals surface area contributed by atoms with Gasteiger partial charge in [-0.15, -0.1) is 0 Å². The average molecular weight is 356 g/mol. The molecule has 0 fully saturated rings. The highest BCUT2D eigenvalue weighted by atomic mass is 32.2. The molecule has 0 bridgehead atoms. The van der Waals surface area contributed by atoms with Crippen LogP contribution in [0.4, 0.5) is 0 Å². The zero-order valence-corrected chi connectivity index (χ0v) is 15.0. The lowest BCUT2D eigenvalue weighted by molar-refractivity contribution is 0.184. The lowest BCUT2D eigenvalue weighted by atomic mass is 10.1. The minimum Gasteiger partial charge on any atom is -0.380 e. The van der Waals surface area contributed by atoms with Gasteiger partial charge in [-0.2, -0.15) is 0 Å². The number of ether oxygens (including phenoxy) is 1. The van der Waals surface area contributed by atoms with Gasteiger partial charge in [-0.3, -0.25) is 4.98 Å². The molecule has 0 atom stereocenters. The van der Waals surface area contributed by atoms with E-state index in [0.29, 0.717) is 12.1 Å². The molecule has 0 spiro atoms. The number of pyridine rings is 1. The van der Waals surface area contributed by atoms with Crippen LogP contribution in [0, 0.1) is 6.92 Å². The zero-order chi connectivity index (χ0) is 17.9. The molecular formula is C19H20N2O3S. The number of benzene rings is 2. The van der Waals surface area contributed by atoms with Crippen LogP contribution >= 0.6 is 0 Å². The standard InChI is InChI=1S/C19H20N2O3S/c1-14-10-15-8-5-9-18(19(15)20-11-14)25(22,23)21-12-16-6-3-4-7-17(16)13-24-2/h3-11,21H,12-13H2,1-2H3. The van der Waals surface area contributed by atoms with Gasteiger partial charge in [0.15, 0.2) is 0 Å². The summed E-state index contributed by atoms with van der Waals surface area (Å²) < 4.78 is 33.4. The summed E-state index contributed by atoms with van der Waals surface area (Å²) in [6.45, 7) is 2.57. The van der Waals surface area contributed by atoms with Crippen molar-refractivity contribution >= 4 is 20.9 Å². The van der Waals surface area contributed by atoms with Crippen LogP contribution in [-0.2, 0) is 27.9 Å². The lowest BCUT2D eigenvalue weighted by Crippen LogP contribution is -2.24. The van der Waals surface area contributed by atoms with Gasteiger partial charge >= 0.3 is 0 Å². The van der Waals surface area contributed by atoms with E-state index in [-0.39, 0.29) is 11.4 Å². The molecule has 3 aromatic rings. The predicted octanol–water partition coefficient (Wildman–Crippen LogP) is 3.17. The highest BCUT2D eigenvalue weighted by Gasteiger charge is 2.18. The monoisotopic (exact) mass is 356 g/mol. The molecule has 0 aliphatic heterocycles. The first-order chi connectivity index (χ1) is 12.0. The van der Waals surface area contributed by atoms with Gasteiger partial charge in [0, 0.05) is 25.2 Å². The molecule has 0 saturated heterocycles.